The molecule has 0 bridgehead atoms. The van der Waals surface area contributed by atoms with Crippen molar-refractivity contribution in [2.75, 3.05) is 13.2 Å². The predicted molar refractivity (Wildman–Crippen MR) is 65.2 cm³/mol. The molecule has 16 heavy (non-hydrogen) atoms. The summed E-state index contributed by atoms with van der Waals surface area (Å²) < 4.78 is 10.3. The van der Waals surface area contributed by atoms with E-state index in [2.05, 4.69) is 13.2 Å². The first-order valence-electron chi connectivity index (χ1n) is 5.77. The van der Waals surface area contributed by atoms with Crippen molar-refractivity contribution in [1.82, 2.24) is 0 Å². The zero-order chi connectivity index (χ0) is 12.2. The summed E-state index contributed by atoms with van der Waals surface area (Å²) in [4.78, 5) is 11.3. The molecular formula is C13H22O3. The third kappa shape index (κ3) is 8.24. The van der Waals surface area contributed by atoms with Crippen LogP contribution in [0.15, 0.2) is 25.3 Å². The van der Waals surface area contributed by atoms with Crippen LogP contribution in [0.2, 0.25) is 0 Å². The van der Waals surface area contributed by atoms with Crippen LogP contribution in [-0.2, 0) is 14.3 Å². The second-order valence-electron chi connectivity index (χ2n) is 3.43. The molecule has 0 spiro atoms. The second kappa shape index (κ2) is 10.4. The highest BCUT2D eigenvalue weighted by Crippen LogP contribution is 2.04. The molecule has 0 aromatic heterocycles. The van der Waals surface area contributed by atoms with Gasteiger partial charge in [0, 0.05) is 19.6 Å². The molecule has 0 saturated heterocycles. The van der Waals surface area contributed by atoms with Crippen molar-refractivity contribution in [1.29, 1.82) is 0 Å². The molecule has 0 amide bonds. The molecule has 3 heteroatoms. The van der Waals surface area contributed by atoms with Gasteiger partial charge in [0.05, 0.1) is 0 Å². The van der Waals surface area contributed by atoms with Crippen LogP contribution in [0.3, 0.4) is 0 Å². The maximum absolute atomic E-state index is 11.3. The van der Waals surface area contributed by atoms with Crippen molar-refractivity contribution >= 4 is 5.97 Å². The van der Waals surface area contributed by atoms with Gasteiger partial charge in [-0.25, -0.2) is 0 Å². The van der Waals surface area contributed by atoms with Crippen LogP contribution in [-0.4, -0.2) is 25.3 Å². The van der Waals surface area contributed by atoms with Gasteiger partial charge < -0.3 is 9.47 Å². The molecule has 0 atom stereocenters. The summed E-state index contributed by atoms with van der Waals surface area (Å²) in [6, 6.07) is 0. The molecule has 0 saturated carbocycles. The topological polar surface area (TPSA) is 35.5 Å². The fourth-order valence-corrected chi connectivity index (χ4v) is 1.20. The number of rotatable bonds is 10. The lowest BCUT2D eigenvalue weighted by Crippen LogP contribution is -2.13. The number of esters is 1. The number of hydrogen-bond donors (Lipinski definition) is 0. The van der Waals surface area contributed by atoms with E-state index in [9.17, 15) is 4.79 Å². The minimum atomic E-state index is -0.365. The van der Waals surface area contributed by atoms with E-state index in [1.165, 1.54) is 0 Å². The Balaban J connectivity index is 3.43. The molecule has 0 radical (unpaired) electrons. The first kappa shape index (κ1) is 14.9. The molecule has 0 rings (SSSR count). The molecular weight excluding hydrogens is 204 g/mol. The van der Waals surface area contributed by atoms with Gasteiger partial charge in [0.15, 0.2) is 0 Å². The Bertz CT molecular complexity index is 203. The third-order valence-electron chi connectivity index (χ3n) is 2.11. The van der Waals surface area contributed by atoms with Gasteiger partial charge in [-0.3, -0.25) is 4.79 Å². The minimum Gasteiger partial charge on any atom is -0.454 e. The Morgan fingerprint density at radius 3 is 2.50 bits per heavy atom. The van der Waals surface area contributed by atoms with Gasteiger partial charge in [-0.15, -0.1) is 0 Å². The fraction of sp³-hybridized carbons (Fsp3) is 0.615. The van der Waals surface area contributed by atoms with E-state index in [4.69, 9.17) is 9.47 Å². The van der Waals surface area contributed by atoms with E-state index >= 15 is 0 Å². The highest BCUT2D eigenvalue weighted by molar-refractivity contribution is 5.69. The summed E-state index contributed by atoms with van der Waals surface area (Å²) in [5, 5.41) is 0. The van der Waals surface area contributed by atoms with Crippen LogP contribution in [0.5, 0.6) is 0 Å². The lowest BCUT2D eigenvalue weighted by atomic mass is 10.2. The summed E-state index contributed by atoms with van der Waals surface area (Å²) in [5.41, 5.74) is 0. The Morgan fingerprint density at radius 2 is 1.94 bits per heavy atom. The number of unbranched alkanes of at least 4 members (excludes halogenated alkanes) is 2. The van der Waals surface area contributed by atoms with E-state index < -0.39 is 0 Å². The van der Waals surface area contributed by atoms with Gasteiger partial charge in [-0.05, 0) is 31.9 Å². The number of ether oxygens (including phenoxy) is 2. The molecule has 0 fully saturated rings. The van der Waals surface area contributed by atoms with Gasteiger partial charge in [0.2, 0.25) is 0 Å². The molecule has 3 nitrogen and oxygen atoms in total. The summed E-state index contributed by atoms with van der Waals surface area (Å²) in [5.74, 6) is -0.193. The van der Waals surface area contributed by atoms with Gasteiger partial charge in [0.1, 0.15) is 6.10 Å². The Kier molecular flexibility index (Phi) is 9.72. The van der Waals surface area contributed by atoms with Crippen molar-refractivity contribution in [3.05, 3.63) is 25.3 Å². The van der Waals surface area contributed by atoms with E-state index in [1.54, 1.807) is 12.2 Å². The van der Waals surface area contributed by atoms with Crippen LogP contribution < -0.4 is 0 Å². The number of hydrogen-bond acceptors (Lipinski definition) is 3. The third-order valence-corrected chi connectivity index (χ3v) is 2.11. The van der Waals surface area contributed by atoms with Gasteiger partial charge in [-0.2, -0.15) is 0 Å². The standard InChI is InChI=1S/C13H22O3/c1-4-12(5-2)16-13(14)10-8-7-9-11-15-6-3/h4-5,12H,1-2,6-11H2,3H3. The molecule has 92 valence electrons. The molecule has 0 aliphatic carbocycles. The number of carbonyl (C=O) groups excluding carboxylic acids is 1. The van der Waals surface area contributed by atoms with E-state index in [-0.39, 0.29) is 12.1 Å². The van der Waals surface area contributed by atoms with Crippen LogP contribution >= 0.6 is 0 Å². The smallest absolute Gasteiger partial charge is 0.306 e. The van der Waals surface area contributed by atoms with E-state index in [0.29, 0.717) is 6.42 Å². The maximum Gasteiger partial charge on any atom is 0.306 e. The number of carbonyl (C=O) groups is 1. The lowest BCUT2D eigenvalue weighted by Gasteiger charge is -2.09. The second-order valence-corrected chi connectivity index (χ2v) is 3.43. The highest BCUT2D eigenvalue weighted by Gasteiger charge is 2.06. The van der Waals surface area contributed by atoms with Gasteiger partial charge in [0.25, 0.3) is 0 Å². The monoisotopic (exact) mass is 226 g/mol. The zero-order valence-electron chi connectivity index (χ0n) is 10.1. The summed E-state index contributed by atoms with van der Waals surface area (Å²) >= 11 is 0. The lowest BCUT2D eigenvalue weighted by molar-refractivity contribution is -0.145. The minimum absolute atomic E-state index is 0.193. The molecule has 0 aromatic carbocycles. The van der Waals surface area contributed by atoms with Crippen LogP contribution in [0.4, 0.5) is 0 Å². The van der Waals surface area contributed by atoms with Gasteiger partial charge in [-0.1, -0.05) is 19.6 Å². The quantitative estimate of drug-likeness (QED) is 0.326. The van der Waals surface area contributed by atoms with Crippen LogP contribution in [0.25, 0.3) is 0 Å². The zero-order valence-corrected chi connectivity index (χ0v) is 10.1. The van der Waals surface area contributed by atoms with E-state index in [0.717, 1.165) is 32.5 Å². The van der Waals surface area contributed by atoms with Crippen molar-refractivity contribution in [3.63, 3.8) is 0 Å². The average molecular weight is 226 g/mol. The van der Waals surface area contributed by atoms with E-state index in [1.807, 2.05) is 6.92 Å². The van der Waals surface area contributed by atoms with Crippen LogP contribution in [0.1, 0.15) is 32.6 Å². The average Bonchev–Trinajstić information content (AvgIpc) is 2.30. The largest absolute Gasteiger partial charge is 0.454 e. The Morgan fingerprint density at radius 1 is 1.25 bits per heavy atom. The van der Waals surface area contributed by atoms with Crippen LogP contribution in [0, 0.1) is 0 Å². The summed E-state index contributed by atoms with van der Waals surface area (Å²) in [7, 11) is 0. The van der Waals surface area contributed by atoms with Crippen molar-refractivity contribution in [2.45, 2.75) is 38.7 Å². The van der Waals surface area contributed by atoms with Gasteiger partial charge >= 0.3 is 5.97 Å². The highest BCUT2D eigenvalue weighted by atomic mass is 16.5. The predicted octanol–water partition coefficient (Wildman–Crippen LogP) is 2.87. The summed E-state index contributed by atoms with van der Waals surface area (Å²) in [6.07, 6.45) is 6.02. The molecule has 0 aromatic rings. The Labute approximate surface area is 98.1 Å². The fourth-order valence-electron chi connectivity index (χ4n) is 1.20. The first-order valence-corrected chi connectivity index (χ1v) is 5.77. The SMILES string of the molecule is C=CC(C=C)OC(=O)CCCCCOCC. The maximum atomic E-state index is 11.3. The Hall–Kier alpha value is -1.09. The molecule has 0 aliphatic heterocycles. The molecule has 0 N–H and O–H groups in total. The normalized spacial score (nSPS) is 10.1. The van der Waals surface area contributed by atoms with Crippen molar-refractivity contribution in [2.24, 2.45) is 0 Å². The molecule has 0 unspecified atom stereocenters. The van der Waals surface area contributed by atoms with Crippen molar-refractivity contribution < 1.29 is 14.3 Å². The molecule has 0 heterocycles. The first-order chi connectivity index (χ1) is 7.74. The molecule has 0 aliphatic rings. The van der Waals surface area contributed by atoms with Crippen molar-refractivity contribution in [3.8, 4) is 0 Å². The summed E-state index contributed by atoms with van der Waals surface area (Å²) in [6.45, 7) is 10.6.